The molecule has 2 aliphatic heterocycles. The Morgan fingerprint density at radius 1 is 1.14 bits per heavy atom. The summed E-state index contributed by atoms with van der Waals surface area (Å²) in [6, 6.07) is 13.9. The average Bonchev–Trinajstić information content (AvgIpc) is 3.29. The van der Waals surface area contributed by atoms with Gasteiger partial charge < -0.3 is 14.8 Å². The summed E-state index contributed by atoms with van der Waals surface area (Å²) in [4.78, 5) is 19.0. The van der Waals surface area contributed by atoms with Gasteiger partial charge in [0, 0.05) is 23.6 Å². The van der Waals surface area contributed by atoms with Crippen LogP contribution in [0.4, 0.5) is 5.69 Å². The molecule has 2 aromatic rings. The van der Waals surface area contributed by atoms with Gasteiger partial charge >= 0.3 is 0 Å². The highest BCUT2D eigenvalue weighted by molar-refractivity contribution is 7.98. The Balaban J connectivity index is 1.22. The molecule has 0 radical (unpaired) electrons. The Hall–Kier alpha value is -1.93. The van der Waals surface area contributed by atoms with Crippen molar-refractivity contribution in [2.45, 2.75) is 29.9 Å². The number of nitrogens with zero attached hydrogens (tertiary/aromatic N) is 2. The highest BCUT2D eigenvalue weighted by Gasteiger charge is 2.30. The summed E-state index contributed by atoms with van der Waals surface area (Å²) in [7, 11) is 0. The molecular formula is C22H27N3O3S. The lowest BCUT2D eigenvalue weighted by molar-refractivity contribution is -0.119. The Morgan fingerprint density at radius 2 is 1.97 bits per heavy atom. The summed E-state index contributed by atoms with van der Waals surface area (Å²) in [6.45, 7) is 3.63. The predicted molar refractivity (Wildman–Crippen MR) is 114 cm³/mol. The van der Waals surface area contributed by atoms with Gasteiger partial charge in [-0.15, -0.1) is 11.8 Å². The molecule has 1 aromatic carbocycles. The first-order valence-electron chi connectivity index (χ1n) is 10.1. The minimum atomic E-state index is -0.0438. The minimum absolute atomic E-state index is 0.0337. The molecule has 7 heteroatoms. The molecule has 1 aromatic heterocycles. The highest BCUT2D eigenvalue weighted by atomic mass is 32.2. The third-order valence-corrected chi connectivity index (χ3v) is 6.28. The van der Waals surface area contributed by atoms with E-state index in [1.165, 1.54) is 0 Å². The van der Waals surface area contributed by atoms with Gasteiger partial charge in [-0.3, -0.25) is 9.69 Å². The van der Waals surface area contributed by atoms with Crippen molar-refractivity contribution >= 4 is 23.4 Å². The number of pyridine rings is 1. The number of carbonyl (C=O) groups excluding carboxylic acids is 1. The normalized spacial score (nSPS) is 18.8. The van der Waals surface area contributed by atoms with Crippen molar-refractivity contribution in [2.24, 2.45) is 5.92 Å². The van der Waals surface area contributed by atoms with Crippen LogP contribution in [0.25, 0.3) is 0 Å². The minimum Gasteiger partial charge on any atom is -0.350 e. The van der Waals surface area contributed by atoms with E-state index in [-0.39, 0.29) is 12.2 Å². The molecule has 0 unspecified atom stereocenters. The molecule has 0 saturated carbocycles. The van der Waals surface area contributed by atoms with Crippen LogP contribution in [0.15, 0.2) is 53.7 Å². The Morgan fingerprint density at radius 3 is 2.72 bits per heavy atom. The van der Waals surface area contributed by atoms with E-state index in [1.807, 2.05) is 36.4 Å². The fraction of sp³-hybridized carbons (Fsp3) is 0.455. The first-order chi connectivity index (χ1) is 14.3. The van der Waals surface area contributed by atoms with Crippen LogP contribution < -0.4 is 5.32 Å². The van der Waals surface area contributed by atoms with Gasteiger partial charge in [0.25, 0.3) is 0 Å². The van der Waals surface area contributed by atoms with Gasteiger partial charge in [0.1, 0.15) is 0 Å². The number of hydrogen-bond acceptors (Lipinski definition) is 6. The molecule has 1 amide bonds. The average molecular weight is 414 g/mol. The molecule has 154 valence electrons. The van der Waals surface area contributed by atoms with Gasteiger partial charge in [0.05, 0.1) is 24.8 Å². The molecule has 1 N–H and O–H groups in total. The zero-order valence-corrected chi connectivity index (χ0v) is 17.3. The van der Waals surface area contributed by atoms with Crippen molar-refractivity contribution in [1.29, 1.82) is 0 Å². The maximum absolute atomic E-state index is 12.5. The number of benzene rings is 1. The van der Waals surface area contributed by atoms with Crippen molar-refractivity contribution in [3.8, 4) is 0 Å². The fourth-order valence-electron chi connectivity index (χ4n) is 3.76. The number of aromatic nitrogens is 1. The van der Waals surface area contributed by atoms with Crippen molar-refractivity contribution in [3.05, 3.63) is 54.2 Å². The molecule has 2 aliphatic rings. The van der Waals surface area contributed by atoms with Crippen LogP contribution in [-0.4, -0.2) is 54.9 Å². The van der Waals surface area contributed by atoms with E-state index >= 15 is 0 Å². The van der Waals surface area contributed by atoms with Gasteiger partial charge in [-0.2, -0.15) is 0 Å². The first-order valence-corrected chi connectivity index (χ1v) is 11.1. The summed E-state index contributed by atoms with van der Waals surface area (Å²) < 4.78 is 11.2. The van der Waals surface area contributed by atoms with Crippen LogP contribution in [-0.2, 0) is 20.0 Å². The van der Waals surface area contributed by atoms with Gasteiger partial charge in [-0.1, -0.05) is 18.2 Å². The number of piperidine rings is 1. The Bertz CT molecular complexity index is 791. The molecule has 2 saturated heterocycles. The van der Waals surface area contributed by atoms with E-state index in [1.54, 1.807) is 18.0 Å². The van der Waals surface area contributed by atoms with E-state index in [0.717, 1.165) is 48.0 Å². The van der Waals surface area contributed by atoms with E-state index in [9.17, 15) is 4.79 Å². The maximum Gasteiger partial charge on any atom is 0.238 e. The Kier molecular flexibility index (Phi) is 7.16. The van der Waals surface area contributed by atoms with Crippen LogP contribution >= 0.6 is 11.8 Å². The number of nitrogens with one attached hydrogen (secondary N) is 1. The summed E-state index contributed by atoms with van der Waals surface area (Å²) in [5.41, 5.74) is 2.01. The molecule has 2 fully saturated rings. The number of likely N-dealkylation sites (tertiary alicyclic amines) is 1. The van der Waals surface area contributed by atoms with E-state index in [0.29, 0.717) is 25.7 Å². The van der Waals surface area contributed by atoms with Crippen molar-refractivity contribution in [1.82, 2.24) is 9.88 Å². The Labute approximate surface area is 176 Å². The second-order valence-electron chi connectivity index (χ2n) is 7.43. The molecular weight excluding hydrogens is 386 g/mol. The maximum atomic E-state index is 12.5. The van der Waals surface area contributed by atoms with Crippen LogP contribution in [0.1, 0.15) is 18.4 Å². The first kappa shape index (κ1) is 20.3. The van der Waals surface area contributed by atoms with Crippen LogP contribution in [0.2, 0.25) is 0 Å². The number of carbonyl (C=O) groups is 1. The number of hydrogen-bond donors (Lipinski definition) is 1. The van der Waals surface area contributed by atoms with Crippen LogP contribution in [0.3, 0.4) is 0 Å². The summed E-state index contributed by atoms with van der Waals surface area (Å²) in [5.74, 6) is 1.30. The second-order valence-corrected chi connectivity index (χ2v) is 8.42. The fourth-order valence-corrected chi connectivity index (χ4v) is 4.57. The molecule has 3 heterocycles. The zero-order chi connectivity index (χ0) is 19.9. The standard InChI is InChI=1S/C22H27N3O3S/c26-20(15-25-10-7-18(8-11-25)22-27-12-13-28-22)24-19-5-3-4-17(14-19)16-29-21-6-1-2-9-23-21/h1-6,9,14,18,22H,7-8,10-13,15-16H2,(H,24,26). The van der Waals surface area contributed by atoms with Gasteiger partial charge in [0.15, 0.2) is 6.29 Å². The third kappa shape index (κ3) is 6.02. The summed E-state index contributed by atoms with van der Waals surface area (Å²) in [6.07, 6.45) is 3.78. The van der Waals surface area contributed by atoms with E-state index in [4.69, 9.17) is 9.47 Å². The van der Waals surface area contributed by atoms with Gasteiger partial charge in [-0.25, -0.2) is 4.98 Å². The quantitative estimate of drug-likeness (QED) is 0.702. The molecule has 0 bridgehead atoms. The predicted octanol–water partition coefficient (Wildman–Crippen LogP) is 3.40. The van der Waals surface area contributed by atoms with Gasteiger partial charge in [0.2, 0.25) is 5.91 Å². The number of rotatable bonds is 7. The van der Waals surface area contributed by atoms with Gasteiger partial charge in [-0.05, 0) is 55.8 Å². The second kappa shape index (κ2) is 10.2. The van der Waals surface area contributed by atoms with E-state index < -0.39 is 0 Å². The number of thioether (sulfide) groups is 1. The lowest BCUT2D eigenvalue weighted by Crippen LogP contribution is -2.41. The topological polar surface area (TPSA) is 63.7 Å². The molecule has 29 heavy (non-hydrogen) atoms. The number of amides is 1. The SMILES string of the molecule is O=C(CN1CCC(C2OCCO2)CC1)Nc1cccc(CSc2ccccn2)c1. The highest BCUT2D eigenvalue weighted by Crippen LogP contribution is 2.26. The lowest BCUT2D eigenvalue weighted by atomic mass is 9.96. The molecule has 0 aliphatic carbocycles. The summed E-state index contributed by atoms with van der Waals surface area (Å²) >= 11 is 1.69. The summed E-state index contributed by atoms with van der Waals surface area (Å²) in [5, 5.41) is 4.04. The van der Waals surface area contributed by atoms with Crippen LogP contribution in [0.5, 0.6) is 0 Å². The molecule has 0 spiro atoms. The smallest absolute Gasteiger partial charge is 0.238 e. The van der Waals surface area contributed by atoms with Crippen molar-refractivity contribution < 1.29 is 14.3 Å². The van der Waals surface area contributed by atoms with E-state index in [2.05, 4.69) is 21.3 Å². The lowest BCUT2D eigenvalue weighted by Gasteiger charge is -2.33. The molecule has 4 rings (SSSR count). The molecule has 0 atom stereocenters. The third-order valence-electron chi connectivity index (χ3n) is 5.27. The molecule has 6 nitrogen and oxygen atoms in total. The number of ether oxygens (including phenoxy) is 2. The monoisotopic (exact) mass is 413 g/mol. The number of anilines is 1. The van der Waals surface area contributed by atoms with Crippen molar-refractivity contribution in [2.75, 3.05) is 38.2 Å². The van der Waals surface area contributed by atoms with Crippen molar-refractivity contribution in [3.63, 3.8) is 0 Å². The zero-order valence-electron chi connectivity index (χ0n) is 16.5. The largest absolute Gasteiger partial charge is 0.350 e. The van der Waals surface area contributed by atoms with Crippen LogP contribution in [0, 0.1) is 5.92 Å².